The van der Waals surface area contributed by atoms with Gasteiger partial charge in [-0.3, -0.25) is 0 Å². The van der Waals surface area contributed by atoms with Gasteiger partial charge in [-0.05, 0) is 69.4 Å². The maximum atomic E-state index is 5.24. The van der Waals surface area contributed by atoms with Crippen LogP contribution in [-0.2, 0) is 0 Å². The second kappa shape index (κ2) is 11.0. The van der Waals surface area contributed by atoms with Crippen molar-refractivity contribution >= 4 is 39.2 Å². The van der Waals surface area contributed by atoms with E-state index in [9.17, 15) is 0 Å². The van der Waals surface area contributed by atoms with Gasteiger partial charge in [-0.15, -0.1) is 11.3 Å². The van der Waals surface area contributed by atoms with Crippen molar-refractivity contribution in [1.82, 2.24) is 4.98 Å². The molecule has 0 unspecified atom stereocenters. The summed E-state index contributed by atoms with van der Waals surface area (Å²) < 4.78 is 0. The lowest BCUT2D eigenvalue weighted by molar-refractivity contribution is 1.28. The third-order valence-electron chi connectivity index (χ3n) is 8.85. The number of rotatable bonds is 6. The van der Waals surface area contributed by atoms with Crippen molar-refractivity contribution in [1.29, 1.82) is 0 Å². The Morgan fingerprint density at radius 3 is 1.54 bits per heavy atom. The van der Waals surface area contributed by atoms with E-state index in [1.165, 1.54) is 49.0 Å². The van der Waals surface area contributed by atoms with Gasteiger partial charge in [0.05, 0.1) is 10.6 Å². The van der Waals surface area contributed by atoms with Gasteiger partial charge in [-0.25, -0.2) is 4.98 Å². The highest BCUT2D eigenvalue weighted by Gasteiger charge is 2.26. The van der Waals surface area contributed by atoms with E-state index < -0.39 is 0 Å². The van der Waals surface area contributed by atoms with Crippen LogP contribution < -0.4 is 4.90 Å². The van der Waals surface area contributed by atoms with Crippen LogP contribution in [0.25, 0.3) is 65.3 Å². The van der Waals surface area contributed by atoms with Crippen molar-refractivity contribution in [3.63, 3.8) is 0 Å². The molecule has 216 valence electrons. The molecule has 2 nitrogen and oxygen atoms in total. The van der Waals surface area contributed by atoms with Crippen LogP contribution in [0.15, 0.2) is 170 Å². The summed E-state index contributed by atoms with van der Waals surface area (Å²) in [5.74, 6) is 0. The normalized spacial score (nSPS) is 11.5. The third kappa shape index (κ3) is 4.52. The van der Waals surface area contributed by atoms with Crippen LogP contribution in [0.1, 0.15) is 0 Å². The van der Waals surface area contributed by atoms with Crippen molar-refractivity contribution in [2.75, 3.05) is 4.90 Å². The highest BCUT2D eigenvalue weighted by molar-refractivity contribution is 7.19. The Hall–Kier alpha value is -5.77. The van der Waals surface area contributed by atoms with Gasteiger partial charge >= 0.3 is 0 Å². The molecule has 1 heterocycles. The summed E-state index contributed by atoms with van der Waals surface area (Å²) in [7, 11) is 0. The summed E-state index contributed by atoms with van der Waals surface area (Å²) >= 11 is 1.79. The van der Waals surface area contributed by atoms with Gasteiger partial charge in [-0.2, -0.15) is 0 Å². The number of aromatic nitrogens is 1. The highest BCUT2D eigenvalue weighted by Crippen LogP contribution is 2.51. The molecule has 9 rings (SSSR count). The van der Waals surface area contributed by atoms with E-state index >= 15 is 0 Å². The lowest BCUT2D eigenvalue weighted by atomic mass is 10.0. The fraction of sp³-hybridized carbons (Fsp3) is 0. The summed E-state index contributed by atoms with van der Waals surface area (Å²) in [6.07, 6.45) is 0. The molecule has 0 radical (unpaired) electrons. The second-order valence-corrected chi connectivity index (χ2v) is 12.6. The molecule has 0 bridgehead atoms. The summed E-state index contributed by atoms with van der Waals surface area (Å²) in [6, 6.07) is 60.7. The molecule has 1 aromatic heterocycles. The molecule has 1 aliphatic carbocycles. The van der Waals surface area contributed by atoms with Gasteiger partial charge < -0.3 is 4.90 Å². The van der Waals surface area contributed by atoms with Crippen molar-refractivity contribution < 1.29 is 0 Å². The lowest BCUT2D eigenvalue weighted by Gasteiger charge is -2.26. The van der Waals surface area contributed by atoms with Crippen molar-refractivity contribution in [3.05, 3.63) is 170 Å². The first-order chi connectivity index (χ1) is 22.8. The molecule has 0 aliphatic heterocycles. The van der Waals surface area contributed by atoms with E-state index in [0.29, 0.717) is 0 Å². The zero-order chi connectivity index (χ0) is 30.5. The molecule has 1 aliphatic rings. The van der Waals surface area contributed by atoms with Gasteiger partial charge in [0.15, 0.2) is 0 Å². The number of hydrogen-bond donors (Lipinski definition) is 0. The number of benzene rings is 7. The van der Waals surface area contributed by atoms with E-state index in [2.05, 4.69) is 175 Å². The fourth-order valence-corrected chi connectivity index (χ4v) is 7.74. The minimum Gasteiger partial charge on any atom is -0.310 e. The van der Waals surface area contributed by atoms with Crippen LogP contribution in [-0.4, -0.2) is 4.98 Å². The SMILES string of the molecule is c1ccc(-c2ccc(N(c3ccc(-c4ccccc4)cc3)c3cccc(-c4nc5c(s4)-c4cccc6cccc-5c46)c3)cc2)cc1. The molecule has 0 saturated heterocycles. The fourth-order valence-electron chi connectivity index (χ4n) is 6.63. The first-order valence-electron chi connectivity index (χ1n) is 15.5. The number of nitrogens with zero attached hydrogens (tertiary/aromatic N) is 2. The molecule has 7 aromatic carbocycles. The van der Waals surface area contributed by atoms with Crippen LogP contribution in [0.5, 0.6) is 0 Å². The minimum absolute atomic E-state index is 1.04. The second-order valence-electron chi connectivity index (χ2n) is 11.6. The Labute approximate surface area is 272 Å². The molecule has 0 fully saturated rings. The summed E-state index contributed by atoms with van der Waals surface area (Å²) in [5, 5.41) is 3.64. The van der Waals surface area contributed by atoms with Gasteiger partial charge in [0, 0.05) is 33.8 Å². The Morgan fingerprint density at radius 2 is 0.935 bits per heavy atom. The number of anilines is 3. The Bertz CT molecular complexity index is 2200. The summed E-state index contributed by atoms with van der Waals surface area (Å²) in [5.41, 5.74) is 12.9. The lowest BCUT2D eigenvalue weighted by Crippen LogP contribution is -2.10. The molecule has 0 N–H and O–H groups in total. The van der Waals surface area contributed by atoms with Crippen LogP contribution >= 0.6 is 11.3 Å². The van der Waals surface area contributed by atoms with Crippen molar-refractivity contribution in [2.45, 2.75) is 0 Å². The average molecular weight is 605 g/mol. The standard InChI is InChI=1S/C43H28N2S/c1-3-10-29(11-4-1)31-20-24-35(25-21-31)45(36-26-22-32(23-27-36)30-12-5-2-6-13-30)37-17-7-16-34(28-37)43-44-41-38-18-8-14-33-15-9-19-39(40(33)38)42(41)46-43/h1-28H. The molecule has 46 heavy (non-hydrogen) atoms. The highest BCUT2D eigenvalue weighted by atomic mass is 32.1. The van der Waals surface area contributed by atoms with Crippen molar-refractivity contribution in [3.8, 4) is 54.5 Å². The van der Waals surface area contributed by atoms with Gasteiger partial charge in [0.2, 0.25) is 0 Å². The third-order valence-corrected chi connectivity index (χ3v) is 9.99. The smallest absolute Gasteiger partial charge is 0.124 e. The quantitative estimate of drug-likeness (QED) is 0.188. The molecule has 0 amide bonds. The largest absolute Gasteiger partial charge is 0.310 e. The van der Waals surface area contributed by atoms with Gasteiger partial charge in [-0.1, -0.05) is 133 Å². The summed E-state index contributed by atoms with van der Waals surface area (Å²) in [6.45, 7) is 0. The molecule has 3 heteroatoms. The molecule has 0 spiro atoms. The molecule has 0 atom stereocenters. The predicted molar refractivity (Wildman–Crippen MR) is 195 cm³/mol. The first kappa shape index (κ1) is 26.6. The van der Waals surface area contributed by atoms with E-state index in [1.807, 2.05) is 0 Å². The minimum atomic E-state index is 1.04. The maximum Gasteiger partial charge on any atom is 0.124 e. The van der Waals surface area contributed by atoms with Crippen LogP contribution in [0.3, 0.4) is 0 Å². The zero-order valence-electron chi connectivity index (χ0n) is 25.0. The van der Waals surface area contributed by atoms with Crippen LogP contribution in [0.4, 0.5) is 17.1 Å². The van der Waals surface area contributed by atoms with E-state index in [4.69, 9.17) is 4.98 Å². The Balaban J connectivity index is 1.13. The summed E-state index contributed by atoms with van der Waals surface area (Å²) in [4.78, 5) is 8.84. The molecule has 0 saturated carbocycles. The van der Waals surface area contributed by atoms with E-state index in [-0.39, 0.29) is 0 Å². The van der Waals surface area contributed by atoms with Gasteiger partial charge in [0.25, 0.3) is 0 Å². The van der Waals surface area contributed by atoms with Crippen LogP contribution in [0.2, 0.25) is 0 Å². The Kier molecular flexibility index (Phi) is 6.36. The van der Waals surface area contributed by atoms with Gasteiger partial charge in [0.1, 0.15) is 5.01 Å². The maximum absolute atomic E-state index is 5.24. The zero-order valence-corrected chi connectivity index (χ0v) is 25.8. The Morgan fingerprint density at radius 1 is 0.413 bits per heavy atom. The predicted octanol–water partition coefficient (Wildman–Crippen LogP) is 12.4. The van der Waals surface area contributed by atoms with Crippen LogP contribution in [0, 0.1) is 0 Å². The number of hydrogen-bond acceptors (Lipinski definition) is 3. The first-order valence-corrected chi connectivity index (χ1v) is 16.4. The molecular formula is C43H28N2S. The number of fused-ring (bicyclic) bond motifs is 3. The topological polar surface area (TPSA) is 16.1 Å². The number of thiazole rings is 1. The molecular weight excluding hydrogens is 577 g/mol. The van der Waals surface area contributed by atoms with Crippen molar-refractivity contribution in [2.24, 2.45) is 0 Å². The monoisotopic (exact) mass is 604 g/mol. The van der Waals surface area contributed by atoms with E-state index in [1.54, 1.807) is 11.3 Å². The molecule has 8 aromatic rings. The van der Waals surface area contributed by atoms with E-state index in [0.717, 1.165) is 33.3 Å². The average Bonchev–Trinajstić information content (AvgIpc) is 3.70.